The Labute approximate surface area is 127 Å². The van der Waals surface area contributed by atoms with Crippen LogP contribution < -0.4 is 5.73 Å². The smallest absolute Gasteiger partial charge is 0.0596 e. The van der Waals surface area contributed by atoms with Gasteiger partial charge in [-0.25, -0.2) is 0 Å². The molecule has 20 heavy (non-hydrogen) atoms. The quantitative estimate of drug-likeness (QED) is 0.493. The van der Waals surface area contributed by atoms with Gasteiger partial charge in [0.2, 0.25) is 0 Å². The number of ether oxygens (including phenoxy) is 1. The summed E-state index contributed by atoms with van der Waals surface area (Å²) in [5, 5.41) is 0. The normalized spacial score (nSPS) is 13.3. The summed E-state index contributed by atoms with van der Waals surface area (Å²) in [6.07, 6.45) is 11.1. The minimum atomic E-state index is 0.322. The second-order valence-corrected chi connectivity index (χ2v) is 6.20. The predicted octanol–water partition coefficient (Wildman–Crippen LogP) is 3.81. The molecule has 0 aliphatic rings. The van der Waals surface area contributed by atoms with Crippen LogP contribution in [-0.2, 0) is 4.74 Å². The predicted molar refractivity (Wildman–Crippen MR) is 89.2 cm³/mol. The molecule has 1 atom stereocenters. The topological polar surface area (TPSA) is 38.5 Å². The summed E-state index contributed by atoms with van der Waals surface area (Å²) in [5.74, 6) is 0. The van der Waals surface area contributed by atoms with Crippen molar-refractivity contribution in [3.05, 3.63) is 0 Å². The van der Waals surface area contributed by atoms with E-state index in [2.05, 4.69) is 32.7 Å². The molecule has 0 aromatic heterocycles. The van der Waals surface area contributed by atoms with E-state index in [1.165, 1.54) is 51.4 Å². The standard InChI is InChI=1S/C17H38N2O/c1-5-6-7-8-9-10-11-12-17(15-18)19(4)13-14-20-16(2)3/h16-17H,5-15,18H2,1-4H3. The molecular weight excluding hydrogens is 248 g/mol. The first-order chi connectivity index (χ1) is 9.61. The zero-order valence-corrected chi connectivity index (χ0v) is 14.4. The van der Waals surface area contributed by atoms with E-state index in [9.17, 15) is 0 Å². The van der Waals surface area contributed by atoms with Crippen LogP contribution in [0.5, 0.6) is 0 Å². The van der Waals surface area contributed by atoms with Gasteiger partial charge in [0.15, 0.2) is 0 Å². The fraction of sp³-hybridized carbons (Fsp3) is 1.00. The number of likely N-dealkylation sites (N-methyl/N-ethyl adjacent to an activating group) is 1. The summed E-state index contributed by atoms with van der Waals surface area (Å²) in [6, 6.07) is 0.515. The summed E-state index contributed by atoms with van der Waals surface area (Å²) >= 11 is 0. The lowest BCUT2D eigenvalue weighted by atomic mass is 10.0. The minimum absolute atomic E-state index is 0.322. The van der Waals surface area contributed by atoms with Gasteiger partial charge in [0, 0.05) is 19.1 Å². The molecule has 0 aliphatic heterocycles. The Balaban J connectivity index is 3.58. The fourth-order valence-electron chi connectivity index (χ4n) is 2.47. The number of hydrogen-bond acceptors (Lipinski definition) is 3. The molecule has 1 unspecified atom stereocenters. The Bertz CT molecular complexity index is 197. The molecule has 0 spiro atoms. The largest absolute Gasteiger partial charge is 0.377 e. The van der Waals surface area contributed by atoms with Crippen molar-refractivity contribution in [1.29, 1.82) is 0 Å². The van der Waals surface area contributed by atoms with E-state index < -0.39 is 0 Å². The highest BCUT2D eigenvalue weighted by atomic mass is 16.5. The Morgan fingerprint density at radius 3 is 2.15 bits per heavy atom. The SMILES string of the molecule is CCCCCCCCCC(CN)N(C)CCOC(C)C. The molecule has 0 amide bonds. The molecule has 0 fully saturated rings. The lowest BCUT2D eigenvalue weighted by Gasteiger charge is -2.27. The molecule has 2 N–H and O–H groups in total. The van der Waals surface area contributed by atoms with Crippen molar-refractivity contribution in [2.24, 2.45) is 5.73 Å². The summed E-state index contributed by atoms with van der Waals surface area (Å²) < 4.78 is 5.61. The Morgan fingerprint density at radius 2 is 1.60 bits per heavy atom. The van der Waals surface area contributed by atoms with Crippen LogP contribution >= 0.6 is 0 Å². The van der Waals surface area contributed by atoms with Crippen LogP contribution in [0.4, 0.5) is 0 Å². The van der Waals surface area contributed by atoms with Gasteiger partial charge in [-0.1, -0.05) is 51.9 Å². The highest BCUT2D eigenvalue weighted by Crippen LogP contribution is 2.11. The summed E-state index contributed by atoms with van der Waals surface area (Å²) in [7, 11) is 2.17. The van der Waals surface area contributed by atoms with Crippen LogP contribution in [0, 0.1) is 0 Å². The van der Waals surface area contributed by atoms with Crippen molar-refractivity contribution in [2.75, 3.05) is 26.7 Å². The van der Waals surface area contributed by atoms with Gasteiger partial charge in [0.25, 0.3) is 0 Å². The van der Waals surface area contributed by atoms with E-state index in [0.717, 1.165) is 19.7 Å². The Morgan fingerprint density at radius 1 is 1.00 bits per heavy atom. The van der Waals surface area contributed by atoms with Crippen molar-refractivity contribution in [1.82, 2.24) is 4.90 Å². The number of unbranched alkanes of at least 4 members (excludes halogenated alkanes) is 6. The molecule has 3 nitrogen and oxygen atoms in total. The maximum atomic E-state index is 5.90. The van der Waals surface area contributed by atoms with Crippen molar-refractivity contribution < 1.29 is 4.74 Å². The van der Waals surface area contributed by atoms with E-state index in [-0.39, 0.29) is 0 Å². The van der Waals surface area contributed by atoms with Gasteiger partial charge in [0.05, 0.1) is 12.7 Å². The average Bonchev–Trinajstić information content (AvgIpc) is 2.41. The summed E-state index contributed by atoms with van der Waals surface area (Å²) in [6.45, 7) is 8.98. The first kappa shape index (κ1) is 19.9. The highest BCUT2D eigenvalue weighted by Gasteiger charge is 2.12. The van der Waals surface area contributed by atoms with E-state index in [0.29, 0.717) is 12.1 Å². The highest BCUT2D eigenvalue weighted by molar-refractivity contribution is 4.69. The number of nitrogens with two attached hydrogens (primary N) is 1. The number of hydrogen-bond donors (Lipinski definition) is 1. The molecule has 122 valence electrons. The molecule has 0 aromatic carbocycles. The molecule has 0 saturated heterocycles. The maximum Gasteiger partial charge on any atom is 0.0596 e. The zero-order chi connectivity index (χ0) is 15.2. The maximum absolute atomic E-state index is 5.90. The van der Waals surface area contributed by atoms with Gasteiger partial charge in [-0.3, -0.25) is 4.90 Å². The van der Waals surface area contributed by atoms with Gasteiger partial charge in [0.1, 0.15) is 0 Å². The van der Waals surface area contributed by atoms with Crippen molar-refractivity contribution >= 4 is 0 Å². The van der Waals surface area contributed by atoms with Crippen LogP contribution in [0.15, 0.2) is 0 Å². The second kappa shape index (κ2) is 13.8. The lowest BCUT2D eigenvalue weighted by molar-refractivity contribution is 0.0554. The second-order valence-electron chi connectivity index (χ2n) is 6.20. The first-order valence-electron chi connectivity index (χ1n) is 8.63. The summed E-state index contributed by atoms with van der Waals surface area (Å²) in [5.41, 5.74) is 5.90. The summed E-state index contributed by atoms with van der Waals surface area (Å²) in [4.78, 5) is 2.36. The Hall–Kier alpha value is -0.120. The molecule has 0 bridgehead atoms. The molecule has 0 saturated carbocycles. The van der Waals surface area contributed by atoms with Gasteiger partial charge < -0.3 is 10.5 Å². The van der Waals surface area contributed by atoms with Crippen LogP contribution in [0.1, 0.15) is 72.1 Å². The molecule has 0 aliphatic carbocycles. The van der Waals surface area contributed by atoms with Gasteiger partial charge in [-0.05, 0) is 27.3 Å². The van der Waals surface area contributed by atoms with Crippen LogP contribution in [0.2, 0.25) is 0 Å². The third-order valence-corrected chi connectivity index (χ3v) is 3.93. The zero-order valence-electron chi connectivity index (χ0n) is 14.4. The van der Waals surface area contributed by atoms with Gasteiger partial charge in [-0.15, -0.1) is 0 Å². The number of rotatable bonds is 14. The molecular formula is C17H38N2O. The third kappa shape index (κ3) is 11.7. The van der Waals surface area contributed by atoms with E-state index in [1.54, 1.807) is 0 Å². The average molecular weight is 287 g/mol. The van der Waals surface area contributed by atoms with Crippen LogP contribution in [0.25, 0.3) is 0 Å². The van der Waals surface area contributed by atoms with Gasteiger partial charge >= 0.3 is 0 Å². The molecule has 0 radical (unpaired) electrons. The van der Waals surface area contributed by atoms with Crippen molar-refractivity contribution in [3.63, 3.8) is 0 Å². The molecule has 0 rings (SSSR count). The van der Waals surface area contributed by atoms with Crippen molar-refractivity contribution in [3.8, 4) is 0 Å². The third-order valence-electron chi connectivity index (χ3n) is 3.93. The Kier molecular flexibility index (Phi) is 13.8. The first-order valence-corrected chi connectivity index (χ1v) is 8.63. The lowest BCUT2D eigenvalue weighted by Crippen LogP contribution is -2.39. The van der Waals surface area contributed by atoms with Crippen LogP contribution in [-0.4, -0.2) is 43.8 Å². The fourth-order valence-corrected chi connectivity index (χ4v) is 2.47. The van der Waals surface area contributed by atoms with E-state index in [1.807, 2.05) is 0 Å². The van der Waals surface area contributed by atoms with E-state index >= 15 is 0 Å². The van der Waals surface area contributed by atoms with Gasteiger partial charge in [-0.2, -0.15) is 0 Å². The minimum Gasteiger partial charge on any atom is -0.377 e. The van der Waals surface area contributed by atoms with Crippen LogP contribution in [0.3, 0.4) is 0 Å². The molecule has 3 heteroatoms. The molecule has 0 heterocycles. The monoisotopic (exact) mass is 286 g/mol. The van der Waals surface area contributed by atoms with E-state index in [4.69, 9.17) is 10.5 Å². The molecule has 0 aromatic rings. The van der Waals surface area contributed by atoms with Crippen molar-refractivity contribution in [2.45, 2.75) is 84.3 Å². The number of nitrogens with zero attached hydrogens (tertiary/aromatic N) is 1.